The van der Waals surface area contributed by atoms with E-state index in [1.807, 2.05) is 0 Å². The molecule has 2 N–H and O–H groups in total. The monoisotopic (exact) mass is 272 g/mol. The third-order valence-electron chi connectivity index (χ3n) is 3.67. The van der Waals surface area contributed by atoms with Gasteiger partial charge in [-0.05, 0) is 36.8 Å². The van der Waals surface area contributed by atoms with Crippen LogP contribution in [0.1, 0.15) is 48.7 Å². The van der Waals surface area contributed by atoms with Crippen molar-refractivity contribution in [1.29, 1.82) is 0 Å². The number of pyridine rings is 1. The minimum Gasteiger partial charge on any atom is -0.384 e. The van der Waals surface area contributed by atoms with Crippen molar-refractivity contribution in [3.63, 3.8) is 0 Å². The number of hydrogen-bond acceptors (Lipinski definition) is 3. The van der Waals surface area contributed by atoms with Gasteiger partial charge in [-0.1, -0.05) is 25.2 Å². The largest absolute Gasteiger partial charge is 0.384 e. The normalized spacial score (nSPS) is 15.1. The maximum atomic E-state index is 12.0. The Morgan fingerprint density at radius 2 is 2.30 bits per heavy atom. The Bertz CT molecular complexity index is 522. The first-order chi connectivity index (χ1) is 9.69. The molecule has 1 saturated carbocycles. The summed E-state index contributed by atoms with van der Waals surface area (Å²) in [6.07, 6.45) is 6.31. The molecule has 1 amide bonds. The van der Waals surface area contributed by atoms with E-state index in [9.17, 15) is 4.79 Å². The van der Waals surface area contributed by atoms with Crippen LogP contribution >= 0.6 is 0 Å². The highest BCUT2D eigenvalue weighted by Gasteiger charge is 2.41. The Kier molecular flexibility index (Phi) is 4.75. The maximum absolute atomic E-state index is 12.0. The average Bonchev–Trinajstić information content (AvgIpc) is 3.24. The minimum absolute atomic E-state index is 0.131. The number of carbonyl (C=O) groups is 1. The van der Waals surface area contributed by atoms with Crippen molar-refractivity contribution >= 4 is 5.91 Å². The molecule has 1 aromatic rings. The SMILES string of the molecule is CCCC1(CNC(=O)c2ccc(C#CCO)cn2)CC1. The van der Waals surface area contributed by atoms with E-state index in [0.29, 0.717) is 16.7 Å². The van der Waals surface area contributed by atoms with Gasteiger partial charge in [0.05, 0.1) is 0 Å². The number of aliphatic hydroxyl groups excluding tert-OH is 1. The molecule has 106 valence electrons. The average molecular weight is 272 g/mol. The van der Waals surface area contributed by atoms with Crippen molar-refractivity contribution in [2.45, 2.75) is 32.6 Å². The van der Waals surface area contributed by atoms with Crippen LogP contribution in [0.4, 0.5) is 0 Å². The van der Waals surface area contributed by atoms with Gasteiger partial charge in [-0.25, -0.2) is 4.98 Å². The second-order valence-corrected chi connectivity index (χ2v) is 5.32. The van der Waals surface area contributed by atoms with E-state index >= 15 is 0 Å². The van der Waals surface area contributed by atoms with Gasteiger partial charge in [0.15, 0.2) is 0 Å². The zero-order valence-electron chi connectivity index (χ0n) is 11.8. The first-order valence-corrected chi connectivity index (χ1v) is 7.03. The van der Waals surface area contributed by atoms with Gasteiger partial charge in [0.25, 0.3) is 5.91 Å². The van der Waals surface area contributed by atoms with Crippen LogP contribution in [0.15, 0.2) is 18.3 Å². The summed E-state index contributed by atoms with van der Waals surface area (Å²) in [4.78, 5) is 16.1. The number of aromatic nitrogens is 1. The fourth-order valence-electron chi connectivity index (χ4n) is 2.32. The smallest absolute Gasteiger partial charge is 0.269 e. The zero-order chi connectivity index (χ0) is 14.4. The van der Waals surface area contributed by atoms with Gasteiger partial charge in [-0.2, -0.15) is 0 Å². The number of rotatable bonds is 5. The Hall–Kier alpha value is -1.86. The summed E-state index contributed by atoms with van der Waals surface area (Å²) in [5.74, 6) is 5.16. The lowest BCUT2D eigenvalue weighted by molar-refractivity contribution is 0.0938. The molecule has 0 aromatic carbocycles. The predicted molar refractivity (Wildman–Crippen MR) is 77.1 cm³/mol. The van der Waals surface area contributed by atoms with Crippen molar-refractivity contribution in [1.82, 2.24) is 10.3 Å². The van der Waals surface area contributed by atoms with Crippen LogP contribution in [0.2, 0.25) is 0 Å². The Labute approximate surface area is 119 Å². The molecule has 2 rings (SSSR count). The van der Waals surface area contributed by atoms with Crippen molar-refractivity contribution in [3.05, 3.63) is 29.6 Å². The van der Waals surface area contributed by atoms with E-state index in [1.165, 1.54) is 19.3 Å². The molecular formula is C16H20N2O2. The third kappa shape index (κ3) is 3.82. The molecule has 1 aliphatic carbocycles. The standard InChI is InChI=1S/C16H20N2O2/c1-2-7-16(8-9-16)12-18-15(20)14-6-5-13(11-17-14)4-3-10-19/h5-6,11,19H,2,7-10,12H2,1H3,(H,18,20). The van der Waals surface area contributed by atoms with Crippen LogP contribution in [0.3, 0.4) is 0 Å². The van der Waals surface area contributed by atoms with E-state index in [2.05, 4.69) is 29.1 Å². The molecule has 0 spiro atoms. The summed E-state index contributed by atoms with van der Waals surface area (Å²) < 4.78 is 0. The molecule has 0 radical (unpaired) electrons. The number of amides is 1. The summed E-state index contributed by atoms with van der Waals surface area (Å²) in [5, 5.41) is 11.6. The quantitative estimate of drug-likeness (QED) is 0.803. The fraction of sp³-hybridized carbons (Fsp3) is 0.500. The number of carbonyl (C=O) groups excluding carboxylic acids is 1. The van der Waals surface area contributed by atoms with E-state index < -0.39 is 0 Å². The molecule has 1 fully saturated rings. The lowest BCUT2D eigenvalue weighted by atomic mass is 10.0. The molecule has 4 nitrogen and oxygen atoms in total. The molecule has 1 heterocycles. The first kappa shape index (κ1) is 14.5. The number of nitrogens with zero attached hydrogens (tertiary/aromatic N) is 1. The molecule has 4 heteroatoms. The van der Waals surface area contributed by atoms with Crippen LogP contribution < -0.4 is 5.32 Å². The summed E-state index contributed by atoms with van der Waals surface area (Å²) >= 11 is 0. The van der Waals surface area contributed by atoms with Gasteiger partial charge in [-0.15, -0.1) is 0 Å². The highest BCUT2D eigenvalue weighted by molar-refractivity contribution is 5.92. The second-order valence-electron chi connectivity index (χ2n) is 5.32. The number of hydrogen-bond donors (Lipinski definition) is 2. The number of aliphatic hydroxyl groups is 1. The van der Waals surface area contributed by atoms with E-state index in [1.54, 1.807) is 18.3 Å². The lowest BCUT2D eigenvalue weighted by Gasteiger charge is -2.14. The van der Waals surface area contributed by atoms with Crippen molar-refractivity contribution in [2.75, 3.05) is 13.2 Å². The molecule has 0 bridgehead atoms. The highest BCUT2D eigenvalue weighted by atomic mass is 16.2. The van der Waals surface area contributed by atoms with Gasteiger partial charge in [0.1, 0.15) is 12.3 Å². The van der Waals surface area contributed by atoms with Crippen LogP contribution in [0.25, 0.3) is 0 Å². The Balaban J connectivity index is 1.89. The van der Waals surface area contributed by atoms with Gasteiger partial charge < -0.3 is 10.4 Å². The zero-order valence-corrected chi connectivity index (χ0v) is 11.8. The Morgan fingerprint density at radius 1 is 1.50 bits per heavy atom. The van der Waals surface area contributed by atoms with Crippen molar-refractivity contribution in [3.8, 4) is 11.8 Å². The van der Waals surface area contributed by atoms with E-state index in [0.717, 1.165) is 13.0 Å². The number of nitrogens with one attached hydrogen (secondary N) is 1. The van der Waals surface area contributed by atoms with Gasteiger partial charge in [0.2, 0.25) is 0 Å². The van der Waals surface area contributed by atoms with Crippen molar-refractivity contribution < 1.29 is 9.90 Å². The summed E-state index contributed by atoms with van der Waals surface area (Å²) in [5.41, 5.74) is 1.45. The predicted octanol–water partition coefficient (Wildman–Crippen LogP) is 1.74. The van der Waals surface area contributed by atoms with Crippen molar-refractivity contribution in [2.24, 2.45) is 5.41 Å². The molecule has 20 heavy (non-hydrogen) atoms. The molecule has 0 aliphatic heterocycles. The summed E-state index contributed by atoms with van der Waals surface area (Å²) in [6, 6.07) is 3.40. The molecule has 1 aliphatic rings. The third-order valence-corrected chi connectivity index (χ3v) is 3.67. The van der Waals surface area contributed by atoms with Crippen LogP contribution in [0, 0.1) is 17.3 Å². The van der Waals surface area contributed by atoms with Gasteiger partial charge >= 0.3 is 0 Å². The van der Waals surface area contributed by atoms with Crippen LogP contribution in [0.5, 0.6) is 0 Å². The van der Waals surface area contributed by atoms with Gasteiger partial charge in [-0.3, -0.25) is 4.79 Å². The molecule has 0 unspecified atom stereocenters. The lowest BCUT2D eigenvalue weighted by Crippen LogP contribution is -2.30. The first-order valence-electron chi connectivity index (χ1n) is 7.03. The topological polar surface area (TPSA) is 62.2 Å². The molecular weight excluding hydrogens is 252 g/mol. The highest BCUT2D eigenvalue weighted by Crippen LogP contribution is 2.48. The van der Waals surface area contributed by atoms with E-state index in [-0.39, 0.29) is 12.5 Å². The summed E-state index contributed by atoms with van der Waals surface area (Å²) in [6.45, 7) is 2.74. The fourth-order valence-corrected chi connectivity index (χ4v) is 2.32. The van der Waals surface area contributed by atoms with Gasteiger partial charge in [0, 0.05) is 18.3 Å². The Morgan fingerprint density at radius 3 is 2.85 bits per heavy atom. The molecule has 1 aromatic heterocycles. The van der Waals surface area contributed by atoms with E-state index in [4.69, 9.17) is 5.11 Å². The van der Waals surface area contributed by atoms with Crippen LogP contribution in [-0.2, 0) is 0 Å². The second kappa shape index (κ2) is 6.53. The minimum atomic E-state index is -0.179. The maximum Gasteiger partial charge on any atom is 0.269 e. The molecule has 0 saturated heterocycles. The van der Waals surface area contributed by atoms with Crippen LogP contribution in [-0.4, -0.2) is 29.1 Å². The molecule has 0 atom stereocenters. The summed E-state index contributed by atoms with van der Waals surface area (Å²) in [7, 11) is 0.